The molecule has 1 nitrogen and oxygen atoms in total. The van der Waals surface area contributed by atoms with E-state index in [0.29, 0.717) is 23.5 Å². The number of allylic oxidation sites excluding steroid dienone is 2. The summed E-state index contributed by atoms with van der Waals surface area (Å²) >= 11 is 0. The van der Waals surface area contributed by atoms with Crippen molar-refractivity contribution in [3.8, 4) is 0 Å². The summed E-state index contributed by atoms with van der Waals surface area (Å²) in [6, 6.07) is 0. The molecule has 66 valence electrons. The van der Waals surface area contributed by atoms with E-state index in [-0.39, 0.29) is 0 Å². The predicted molar refractivity (Wildman–Crippen MR) is 48.8 cm³/mol. The minimum Gasteiger partial charge on any atom is -0.299 e. The van der Waals surface area contributed by atoms with Crippen LogP contribution in [0.2, 0.25) is 0 Å². The van der Waals surface area contributed by atoms with E-state index >= 15 is 0 Å². The van der Waals surface area contributed by atoms with Gasteiger partial charge in [-0.25, -0.2) is 0 Å². The monoisotopic (exact) mass is 164 g/mol. The molecule has 1 saturated carbocycles. The van der Waals surface area contributed by atoms with E-state index in [1.807, 2.05) is 0 Å². The van der Waals surface area contributed by atoms with Gasteiger partial charge in [0.1, 0.15) is 5.78 Å². The average molecular weight is 164 g/mol. The van der Waals surface area contributed by atoms with E-state index in [1.165, 1.54) is 12.8 Å². The van der Waals surface area contributed by atoms with E-state index in [2.05, 4.69) is 19.1 Å². The van der Waals surface area contributed by atoms with Gasteiger partial charge in [0.15, 0.2) is 0 Å². The van der Waals surface area contributed by atoms with Gasteiger partial charge in [-0.2, -0.15) is 0 Å². The van der Waals surface area contributed by atoms with Gasteiger partial charge in [-0.05, 0) is 25.2 Å². The number of carbonyl (C=O) groups excluding carboxylic acids is 1. The van der Waals surface area contributed by atoms with Crippen LogP contribution in [0.1, 0.15) is 32.6 Å². The highest BCUT2D eigenvalue weighted by Crippen LogP contribution is 2.40. The van der Waals surface area contributed by atoms with Crippen molar-refractivity contribution in [3.63, 3.8) is 0 Å². The van der Waals surface area contributed by atoms with E-state index in [1.54, 1.807) is 0 Å². The Morgan fingerprint density at radius 2 is 2.25 bits per heavy atom. The van der Waals surface area contributed by atoms with Crippen LogP contribution in [0, 0.1) is 17.8 Å². The van der Waals surface area contributed by atoms with Gasteiger partial charge in [0.2, 0.25) is 0 Å². The number of ketones is 1. The lowest BCUT2D eigenvalue weighted by molar-refractivity contribution is -0.124. The fourth-order valence-electron chi connectivity index (χ4n) is 2.58. The third kappa shape index (κ3) is 1.12. The number of hydrogen-bond acceptors (Lipinski definition) is 1. The lowest BCUT2D eigenvalue weighted by Crippen LogP contribution is -2.23. The highest BCUT2D eigenvalue weighted by molar-refractivity contribution is 5.88. The largest absolute Gasteiger partial charge is 0.299 e. The molecule has 1 heteroatoms. The first-order valence-corrected chi connectivity index (χ1v) is 5.05. The fraction of sp³-hybridized carbons (Fsp3) is 0.727. The molecule has 0 spiro atoms. The van der Waals surface area contributed by atoms with Gasteiger partial charge in [0.25, 0.3) is 0 Å². The SMILES string of the molecule is CCC[C@H]1C=C[C@H]2CC[C@@H]1C2=O. The molecule has 2 bridgehead atoms. The summed E-state index contributed by atoms with van der Waals surface area (Å²) in [5, 5.41) is 0. The maximum Gasteiger partial charge on any atom is 0.143 e. The third-order valence-electron chi connectivity index (χ3n) is 3.25. The second-order valence-corrected chi connectivity index (χ2v) is 4.03. The minimum absolute atomic E-state index is 0.295. The number of hydrogen-bond donors (Lipinski definition) is 0. The Morgan fingerprint density at radius 3 is 3.00 bits per heavy atom. The van der Waals surface area contributed by atoms with Crippen LogP contribution >= 0.6 is 0 Å². The summed E-state index contributed by atoms with van der Waals surface area (Å²) in [6.07, 6.45) is 9.07. The first-order chi connectivity index (χ1) is 5.83. The zero-order valence-corrected chi connectivity index (χ0v) is 7.62. The molecule has 0 aliphatic heterocycles. The molecule has 0 radical (unpaired) electrons. The van der Waals surface area contributed by atoms with Crippen molar-refractivity contribution < 1.29 is 4.79 Å². The van der Waals surface area contributed by atoms with Gasteiger partial charge in [-0.15, -0.1) is 0 Å². The van der Waals surface area contributed by atoms with Gasteiger partial charge < -0.3 is 0 Å². The summed E-state index contributed by atoms with van der Waals surface area (Å²) in [6.45, 7) is 2.19. The summed E-state index contributed by atoms with van der Waals surface area (Å²) in [5.74, 6) is 1.78. The fourth-order valence-corrected chi connectivity index (χ4v) is 2.58. The van der Waals surface area contributed by atoms with Crippen molar-refractivity contribution in [2.75, 3.05) is 0 Å². The summed E-state index contributed by atoms with van der Waals surface area (Å²) < 4.78 is 0. The molecule has 2 rings (SSSR count). The van der Waals surface area contributed by atoms with Crippen LogP contribution in [0.3, 0.4) is 0 Å². The Balaban J connectivity index is 2.14. The highest BCUT2D eigenvalue weighted by atomic mass is 16.1. The lowest BCUT2D eigenvalue weighted by Gasteiger charge is -2.21. The van der Waals surface area contributed by atoms with Crippen molar-refractivity contribution in [2.45, 2.75) is 32.6 Å². The second-order valence-electron chi connectivity index (χ2n) is 4.03. The topological polar surface area (TPSA) is 17.1 Å². The molecule has 0 unspecified atom stereocenters. The van der Waals surface area contributed by atoms with Crippen molar-refractivity contribution in [1.29, 1.82) is 0 Å². The number of rotatable bonds is 2. The zero-order valence-electron chi connectivity index (χ0n) is 7.62. The molecular formula is C11H16O. The summed E-state index contributed by atoms with van der Waals surface area (Å²) in [7, 11) is 0. The van der Waals surface area contributed by atoms with Crippen LogP contribution < -0.4 is 0 Å². The predicted octanol–water partition coefficient (Wildman–Crippen LogP) is 2.57. The zero-order chi connectivity index (χ0) is 8.55. The van der Waals surface area contributed by atoms with Gasteiger partial charge in [-0.1, -0.05) is 25.5 Å². The van der Waals surface area contributed by atoms with Crippen molar-refractivity contribution >= 4 is 5.78 Å². The molecule has 3 atom stereocenters. The lowest BCUT2D eigenvalue weighted by atomic mass is 9.82. The minimum atomic E-state index is 0.295. The molecule has 0 aromatic heterocycles. The number of carbonyl (C=O) groups is 1. The normalized spacial score (nSPS) is 39.1. The molecular weight excluding hydrogens is 148 g/mol. The van der Waals surface area contributed by atoms with Gasteiger partial charge in [0, 0.05) is 11.8 Å². The molecule has 0 aromatic carbocycles. The van der Waals surface area contributed by atoms with Crippen molar-refractivity contribution in [3.05, 3.63) is 12.2 Å². The van der Waals surface area contributed by atoms with Crippen LogP contribution in [-0.2, 0) is 4.79 Å². The Labute approximate surface area is 73.8 Å². The highest BCUT2D eigenvalue weighted by Gasteiger charge is 2.39. The molecule has 0 N–H and O–H groups in total. The molecule has 2 aliphatic rings. The molecule has 12 heavy (non-hydrogen) atoms. The van der Waals surface area contributed by atoms with Crippen LogP contribution in [0.15, 0.2) is 12.2 Å². The third-order valence-corrected chi connectivity index (χ3v) is 3.25. The standard InChI is InChI=1S/C11H16O/c1-2-3-8-4-5-9-6-7-10(8)11(9)12/h4-5,8-10H,2-3,6-7H2,1H3/t8-,9-,10-/m0/s1. The van der Waals surface area contributed by atoms with E-state index in [4.69, 9.17) is 0 Å². The molecule has 2 aliphatic carbocycles. The van der Waals surface area contributed by atoms with Crippen LogP contribution in [-0.4, -0.2) is 5.78 Å². The Kier molecular flexibility index (Phi) is 2.03. The quantitative estimate of drug-likeness (QED) is 0.573. The van der Waals surface area contributed by atoms with Crippen LogP contribution in [0.5, 0.6) is 0 Å². The number of fused-ring (bicyclic) bond motifs is 2. The first-order valence-electron chi connectivity index (χ1n) is 5.05. The van der Waals surface area contributed by atoms with Crippen molar-refractivity contribution in [1.82, 2.24) is 0 Å². The van der Waals surface area contributed by atoms with Gasteiger partial charge >= 0.3 is 0 Å². The van der Waals surface area contributed by atoms with E-state index in [0.717, 1.165) is 12.8 Å². The smallest absolute Gasteiger partial charge is 0.143 e. The maximum atomic E-state index is 11.6. The summed E-state index contributed by atoms with van der Waals surface area (Å²) in [4.78, 5) is 11.6. The second kappa shape index (κ2) is 3.04. The average Bonchev–Trinajstić information content (AvgIpc) is 2.33. The molecule has 0 heterocycles. The van der Waals surface area contributed by atoms with E-state index < -0.39 is 0 Å². The number of Topliss-reactive ketones (excluding diaryl/α,β-unsaturated/α-hetero) is 1. The van der Waals surface area contributed by atoms with Gasteiger partial charge in [-0.3, -0.25) is 4.79 Å². The van der Waals surface area contributed by atoms with E-state index in [9.17, 15) is 4.79 Å². The van der Waals surface area contributed by atoms with Crippen LogP contribution in [0.4, 0.5) is 0 Å². The van der Waals surface area contributed by atoms with Crippen LogP contribution in [0.25, 0.3) is 0 Å². The molecule has 1 fully saturated rings. The maximum absolute atomic E-state index is 11.6. The van der Waals surface area contributed by atoms with Gasteiger partial charge in [0.05, 0.1) is 0 Å². The Morgan fingerprint density at radius 1 is 1.42 bits per heavy atom. The first kappa shape index (κ1) is 8.03. The summed E-state index contributed by atoms with van der Waals surface area (Å²) in [5.41, 5.74) is 0. The Bertz CT molecular complexity index is 217. The molecule has 0 saturated heterocycles. The molecule has 0 aromatic rings. The van der Waals surface area contributed by atoms with Crippen molar-refractivity contribution in [2.24, 2.45) is 17.8 Å². The molecule has 0 amide bonds. The Hall–Kier alpha value is -0.590.